The van der Waals surface area contributed by atoms with Crippen molar-refractivity contribution in [2.75, 3.05) is 0 Å². The molecule has 0 radical (unpaired) electrons. The molecular formula is C24H34F6O2. The number of halogens is 6. The van der Waals surface area contributed by atoms with Crippen molar-refractivity contribution >= 4 is 0 Å². The highest BCUT2D eigenvalue weighted by Crippen LogP contribution is 2.68. The molecule has 4 rings (SSSR count). The van der Waals surface area contributed by atoms with Crippen LogP contribution in [0.2, 0.25) is 0 Å². The molecule has 8 heteroatoms. The van der Waals surface area contributed by atoms with E-state index in [1.165, 1.54) is 6.92 Å². The lowest BCUT2D eigenvalue weighted by Crippen LogP contribution is -2.56. The van der Waals surface area contributed by atoms with Crippen LogP contribution in [0.4, 0.5) is 26.3 Å². The maximum atomic E-state index is 13.5. The number of hydrogen-bond donors (Lipinski definition) is 2. The second kappa shape index (κ2) is 7.37. The Kier molecular flexibility index (Phi) is 5.61. The molecule has 0 aromatic carbocycles. The van der Waals surface area contributed by atoms with Crippen LogP contribution in [0.3, 0.4) is 0 Å². The molecule has 3 fully saturated rings. The zero-order valence-corrected chi connectivity index (χ0v) is 18.9. The lowest BCUT2D eigenvalue weighted by atomic mass is 9.46. The zero-order chi connectivity index (χ0) is 23.9. The van der Waals surface area contributed by atoms with Gasteiger partial charge in [0, 0.05) is 6.42 Å². The molecule has 0 spiro atoms. The number of fused-ring (bicyclic) bond motifs is 5. The van der Waals surface area contributed by atoms with Crippen molar-refractivity contribution < 1.29 is 36.6 Å². The van der Waals surface area contributed by atoms with Crippen LogP contribution in [-0.4, -0.2) is 34.3 Å². The van der Waals surface area contributed by atoms with E-state index < -0.39 is 35.4 Å². The van der Waals surface area contributed by atoms with E-state index in [4.69, 9.17) is 0 Å². The Morgan fingerprint density at radius 2 is 1.62 bits per heavy atom. The van der Waals surface area contributed by atoms with Gasteiger partial charge in [0.15, 0.2) is 11.7 Å². The van der Waals surface area contributed by atoms with Crippen LogP contribution in [0, 0.1) is 40.4 Å². The van der Waals surface area contributed by atoms with Crippen molar-refractivity contribution in [1.82, 2.24) is 0 Å². The van der Waals surface area contributed by atoms with Gasteiger partial charge in [0.05, 0.1) is 0 Å². The van der Waals surface area contributed by atoms with Crippen LogP contribution in [0.25, 0.3) is 0 Å². The Balaban J connectivity index is 1.59. The number of hydrogen-bond acceptors (Lipinski definition) is 2. The fourth-order valence-corrected chi connectivity index (χ4v) is 8.31. The van der Waals surface area contributed by atoms with Crippen molar-refractivity contribution in [2.45, 2.75) is 96.2 Å². The molecule has 2 nitrogen and oxygen atoms in total. The fraction of sp³-hybridized carbons (Fsp3) is 0.917. The molecule has 32 heavy (non-hydrogen) atoms. The molecular weight excluding hydrogens is 434 g/mol. The minimum absolute atomic E-state index is 0.181. The zero-order valence-electron chi connectivity index (χ0n) is 18.9. The van der Waals surface area contributed by atoms with E-state index in [1.54, 1.807) is 0 Å². The predicted octanol–water partition coefficient (Wildman–Crippen LogP) is 6.42. The normalized spacial score (nSPS) is 46.5. The van der Waals surface area contributed by atoms with Gasteiger partial charge in [-0.05, 0) is 85.4 Å². The maximum Gasteiger partial charge on any atom is 0.417 e. The lowest BCUT2D eigenvalue weighted by Gasteiger charge is -2.59. The maximum absolute atomic E-state index is 13.5. The van der Waals surface area contributed by atoms with Crippen LogP contribution >= 0.6 is 0 Å². The molecule has 4 aliphatic carbocycles. The van der Waals surface area contributed by atoms with Crippen LogP contribution in [-0.2, 0) is 0 Å². The number of aliphatic hydroxyl groups is 2. The van der Waals surface area contributed by atoms with E-state index >= 15 is 0 Å². The van der Waals surface area contributed by atoms with Gasteiger partial charge in [-0.15, -0.1) is 0 Å². The van der Waals surface area contributed by atoms with E-state index in [0.717, 1.165) is 19.3 Å². The molecule has 184 valence electrons. The van der Waals surface area contributed by atoms with Crippen molar-refractivity contribution in [3.8, 4) is 0 Å². The molecule has 0 amide bonds. The SMILES string of the molecule is C[C@H]([C@@H](O)C(F)(F)F)[C@H]1CC[C@H]2[C@@H]3CC=C4C[C@](O)(C(F)(F)F)CC[C@]4(C)[C@H]3CC[C@]12C. The Morgan fingerprint density at radius 3 is 2.22 bits per heavy atom. The largest absolute Gasteiger partial charge is 0.417 e. The van der Waals surface area contributed by atoms with E-state index in [1.807, 2.05) is 13.0 Å². The van der Waals surface area contributed by atoms with Crippen LogP contribution < -0.4 is 0 Å². The Labute approximate surface area is 185 Å². The summed E-state index contributed by atoms with van der Waals surface area (Å²) in [5, 5.41) is 20.2. The van der Waals surface area contributed by atoms with Crippen molar-refractivity contribution in [1.29, 1.82) is 0 Å². The lowest BCUT2D eigenvalue weighted by molar-refractivity contribution is -0.271. The Morgan fingerprint density at radius 1 is 0.969 bits per heavy atom. The van der Waals surface area contributed by atoms with E-state index in [-0.39, 0.29) is 48.3 Å². The highest BCUT2D eigenvalue weighted by Gasteiger charge is 2.64. The number of alkyl halides is 6. The molecule has 0 saturated heterocycles. The first kappa shape index (κ1) is 24.4. The monoisotopic (exact) mass is 468 g/mol. The smallest absolute Gasteiger partial charge is 0.383 e. The van der Waals surface area contributed by atoms with Crippen LogP contribution in [0.1, 0.15) is 72.1 Å². The van der Waals surface area contributed by atoms with Gasteiger partial charge in [0.1, 0.15) is 0 Å². The third kappa shape index (κ3) is 3.45. The van der Waals surface area contributed by atoms with Gasteiger partial charge in [-0.3, -0.25) is 0 Å². The summed E-state index contributed by atoms with van der Waals surface area (Å²) in [5.74, 6) is -0.514. The molecule has 2 N–H and O–H groups in total. The van der Waals surface area contributed by atoms with E-state index in [2.05, 4.69) is 6.92 Å². The summed E-state index contributed by atoms with van der Waals surface area (Å²) in [6, 6.07) is 0. The highest BCUT2D eigenvalue weighted by atomic mass is 19.4. The van der Waals surface area contributed by atoms with E-state index in [9.17, 15) is 36.6 Å². The third-order valence-electron chi connectivity index (χ3n) is 10.2. The first-order valence-corrected chi connectivity index (χ1v) is 11.8. The predicted molar refractivity (Wildman–Crippen MR) is 107 cm³/mol. The van der Waals surface area contributed by atoms with Crippen molar-refractivity contribution in [3.05, 3.63) is 11.6 Å². The third-order valence-corrected chi connectivity index (χ3v) is 10.2. The molecule has 4 aliphatic rings. The summed E-state index contributed by atoms with van der Waals surface area (Å²) in [7, 11) is 0. The summed E-state index contributed by atoms with van der Waals surface area (Å²) >= 11 is 0. The topological polar surface area (TPSA) is 40.5 Å². The summed E-state index contributed by atoms with van der Waals surface area (Å²) in [6.45, 7) is 5.59. The van der Waals surface area contributed by atoms with Crippen LogP contribution in [0.5, 0.6) is 0 Å². The molecule has 0 unspecified atom stereocenters. The Bertz CT molecular complexity index is 775. The standard InChI is InChI=1S/C24H34F6O2/c1-13(19(31)23(25,26)27)16-6-7-17-15-5-4-14-12-22(32,24(28,29)30)11-10-20(14,2)18(15)8-9-21(16,17)3/h4,13,15-19,31-32H,5-12H2,1-3H3/t13-,15-,16+,17-,18-,19+,20-,21+,22-/m0/s1. The minimum Gasteiger partial charge on any atom is -0.383 e. The fourth-order valence-electron chi connectivity index (χ4n) is 8.31. The second-order valence-corrected chi connectivity index (χ2v) is 11.5. The van der Waals surface area contributed by atoms with Gasteiger partial charge in [-0.25, -0.2) is 0 Å². The van der Waals surface area contributed by atoms with Crippen molar-refractivity contribution in [2.24, 2.45) is 40.4 Å². The quantitative estimate of drug-likeness (QED) is 0.363. The average Bonchev–Trinajstić information content (AvgIpc) is 3.03. The first-order chi connectivity index (χ1) is 14.5. The minimum atomic E-state index is -4.66. The average molecular weight is 469 g/mol. The first-order valence-electron chi connectivity index (χ1n) is 11.8. The summed E-state index contributed by atoms with van der Waals surface area (Å²) in [4.78, 5) is 0. The van der Waals surface area contributed by atoms with E-state index in [0.29, 0.717) is 18.4 Å². The summed E-state index contributed by atoms with van der Waals surface area (Å²) in [6.07, 6.45) is -6.63. The Hall–Kier alpha value is -0.760. The molecule has 0 aromatic heterocycles. The van der Waals surface area contributed by atoms with Gasteiger partial charge in [-0.1, -0.05) is 32.4 Å². The van der Waals surface area contributed by atoms with Crippen LogP contribution in [0.15, 0.2) is 11.6 Å². The number of allylic oxidation sites excluding steroid dienone is 1. The van der Waals surface area contributed by atoms with Gasteiger partial charge in [0.25, 0.3) is 0 Å². The molecule has 3 saturated carbocycles. The molecule has 0 aliphatic heterocycles. The molecule has 0 aromatic rings. The van der Waals surface area contributed by atoms with Gasteiger partial charge in [0.2, 0.25) is 0 Å². The molecule has 0 heterocycles. The van der Waals surface area contributed by atoms with Crippen molar-refractivity contribution in [3.63, 3.8) is 0 Å². The molecule has 0 bridgehead atoms. The number of aliphatic hydroxyl groups excluding tert-OH is 1. The molecule has 9 atom stereocenters. The number of rotatable bonds is 2. The van der Waals surface area contributed by atoms with Gasteiger partial charge < -0.3 is 10.2 Å². The van der Waals surface area contributed by atoms with Gasteiger partial charge in [-0.2, -0.15) is 26.3 Å². The van der Waals surface area contributed by atoms with Gasteiger partial charge >= 0.3 is 12.4 Å². The second-order valence-electron chi connectivity index (χ2n) is 11.5. The highest BCUT2D eigenvalue weighted by molar-refractivity contribution is 5.28. The summed E-state index contributed by atoms with van der Waals surface area (Å²) in [5.41, 5.74) is -2.69. The summed E-state index contributed by atoms with van der Waals surface area (Å²) < 4.78 is 80.0.